The number of likely N-dealkylation sites (tertiary alicyclic amines) is 1. The third-order valence-corrected chi connectivity index (χ3v) is 4.08. The predicted octanol–water partition coefficient (Wildman–Crippen LogP) is -1.72. The third-order valence-electron chi connectivity index (χ3n) is 3.32. The lowest BCUT2D eigenvalue weighted by Crippen LogP contribution is -2.47. The largest absolute Gasteiger partial charge is 0.341 e. The van der Waals surface area contributed by atoms with Gasteiger partial charge in [0, 0.05) is 25.7 Å². The summed E-state index contributed by atoms with van der Waals surface area (Å²) in [5, 5.41) is 7.66. The van der Waals surface area contributed by atoms with Crippen LogP contribution in [-0.4, -0.2) is 59.6 Å². The van der Waals surface area contributed by atoms with Crippen molar-refractivity contribution < 1.29 is 13.2 Å². The molecule has 1 aliphatic rings. The fourth-order valence-corrected chi connectivity index (χ4v) is 3.14. The second-order valence-electron chi connectivity index (χ2n) is 5.16. The molecule has 0 radical (unpaired) electrons. The van der Waals surface area contributed by atoms with Gasteiger partial charge >= 0.3 is 0 Å². The molecule has 21 heavy (non-hydrogen) atoms. The first-order valence-electron chi connectivity index (χ1n) is 6.71. The average Bonchev–Trinajstić information content (AvgIpc) is 2.85. The van der Waals surface area contributed by atoms with E-state index < -0.39 is 10.0 Å². The van der Waals surface area contributed by atoms with E-state index in [0.717, 1.165) is 6.26 Å². The van der Waals surface area contributed by atoms with Gasteiger partial charge in [-0.1, -0.05) is 5.21 Å². The van der Waals surface area contributed by atoms with Gasteiger partial charge in [-0.3, -0.25) is 4.79 Å². The lowest BCUT2D eigenvalue weighted by atomic mass is 10.1. The second-order valence-corrected chi connectivity index (χ2v) is 6.94. The molecular formula is C11H20N6O3S. The van der Waals surface area contributed by atoms with Crippen LogP contribution in [0.1, 0.15) is 18.5 Å². The van der Waals surface area contributed by atoms with Gasteiger partial charge < -0.3 is 10.6 Å². The smallest absolute Gasteiger partial charge is 0.244 e. The van der Waals surface area contributed by atoms with Crippen LogP contribution in [0.2, 0.25) is 0 Å². The number of carbonyl (C=O) groups is 1. The molecule has 1 amide bonds. The quantitative estimate of drug-likeness (QED) is 0.666. The molecule has 2 rings (SSSR count). The number of piperidine rings is 1. The Kier molecular flexibility index (Phi) is 4.91. The van der Waals surface area contributed by atoms with Gasteiger partial charge in [-0.05, 0) is 12.8 Å². The van der Waals surface area contributed by atoms with E-state index in [0.29, 0.717) is 31.6 Å². The normalized spacial score (nSPS) is 17.1. The molecule has 0 atom stereocenters. The van der Waals surface area contributed by atoms with Crippen LogP contribution in [0.15, 0.2) is 6.20 Å². The Balaban J connectivity index is 1.83. The van der Waals surface area contributed by atoms with Gasteiger partial charge in [0.1, 0.15) is 6.54 Å². The van der Waals surface area contributed by atoms with Crippen LogP contribution in [0.25, 0.3) is 0 Å². The first-order valence-corrected chi connectivity index (χ1v) is 8.60. The third kappa shape index (κ3) is 4.76. The van der Waals surface area contributed by atoms with E-state index in [-0.39, 0.29) is 25.0 Å². The minimum atomic E-state index is -3.20. The summed E-state index contributed by atoms with van der Waals surface area (Å²) in [7, 11) is -3.20. The molecule has 9 nitrogen and oxygen atoms in total. The van der Waals surface area contributed by atoms with Gasteiger partial charge in [0.25, 0.3) is 0 Å². The second kappa shape index (κ2) is 6.50. The summed E-state index contributed by atoms with van der Waals surface area (Å²) in [6.45, 7) is 1.48. The van der Waals surface area contributed by atoms with Crippen LogP contribution in [0.5, 0.6) is 0 Å². The lowest BCUT2D eigenvalue weighted by Gasteiger charge is -2.31. The van der Waals surface area contributed by atoms with Crippen molar-refractivity contribution in [1.82, 2.24) is 24.6 Å². The number of amides is 1. The summed E-state index contributed by atoms with van der Waals surface area (Å²) < 4.78 is 26.4. The molecule has 1 fully saturated rings. The van der Waals surface area contributed by atoms with Crippen LogP contribution in [0, 0.1) is 0 Å². The van der Waals surface area contributed by atoms with Crippen LogP contribution in [0.3, 0.4) is 0 Å². The number of aromatic nitrogens is 3. The van der Waals surface area contributed by atoms with E-state index in [1.807, 2.05) is 0 Å². The Morgan fingerprint density at radius 2 is 2.14 bits per heavy atom. The van der Waals surface area contributed by atoms with Crippen molar-refractivity contribution in [2.45, 2.75) is 32.0 Å². The van der Waals surface area contributed by atoms with Gasteiger partial charge in [-0.15, -0.1) is 5.10 Å². The Morgan fingerprint density at radius 3 is 2.67 bits per heavy atom. The lowest BCUT2D eigenvalue weighted by molar-refractivity contribution is -0.133. The van der Waals surface area contributed by atoms with Gasteiger partial charge in [0.15, 0.2) is 0 Å². The maximum absolute atomic E-state index is 12.1. The SMILES string of the molecule is CS(=O)(=O)NC1CCN(C(=O)Cn2cc(CN)nn2)CC1. The van der Waals surface area contributed by atoms with Crippen LogP contribution < -0.4 is 10.5 Å². The molecule has 0 aromatic carbocycles. The Hall–Kier alpha value is -1.52. The Labute approximate surface area is 123 Å². The fourth-order valence-electron chi connectivity index (χ4n) is 2.30. The Bertz CT molecular complexity index is 591. The maximum Gasteiger partial charge on any atom is 0.244 e. The van der Waals surface area contributed by atoms with E-state index in [2.05, 4.69) is 15.0 Å². The highest BCUT2D eigenvalue weighted by atomic mass is 32.2. The van der Waals surface area contributed by atoms with Crippen LogP contribution in [0.4, 0.5) is 0 Å². The molecule has 3 N–H and O–H groups in total. The first-order chi connectivity index (χ1) is 9.87. The van der Waals surface area contributed by atoms with E-state index in [1.165, 1.54) is 4.68 Å². The molecule has 0 saturated carbocycles. The van der Waals surface area contributed by atoms with Gasteiger partial charge in [0.2, 0.25) is 15.9 Å². The number of hydrogen-bond donors (Lipinski definition) is 2. The van der Waals surface area contributed by atoms with Crippen molar-refractivity contribution in [3.8, 4) is 0 Å². The molecule has 118 valence electrons. The zero-order valence-electron chi connectivity index (χ0n) is 11.9. The van der Waals surface area contributed by atoms with Crippen molar-refractivity contribution >= 4 is 15.9 Å². The molecule has 0 unspecified atom stereocenters. The molecule has 1 aromatic heterocycles. The molecule has 0 aliphatic carbocycles. The zero-order chi connectivity index (χ0) is 15.5. The number of nitrogens with zero attached hydrogens (tertiary/aromatic N) is 4. The number of carbonyl (C=O) groups excluding carboxylic acids is 1. The molecule has 1 aliphatic heterocycles. The van der Waals surface area contributed by atoms with E-state index >= 15 is 0 Å². The van der Waals surface area contributed by atoms with Crippen molar-refractivity contribution in [3.63, 3.8) is 0 Å². The molecule has 10 heteroatoms. The van der Waals surface area contributed by atoms with Crippen molar-refractivity contribution in [2.75, 3.05) is 19.3 Å². The average molecular weight is 316 g/mol. The highest BCUT2D eigenvalue weighted by molar-refractivity contribution is 7.88. The minimum Gasteiger partial charge on any atom is -0.341 e. The maximum atomic E-state index is 12.1. The van der Waals surface area contributed by atoms with Gasteiger partial charge in [-0.2, -0.15) is 0 Å². The molecule has 1 saturated heterocycles. The number of nitrogens with one attached hydrogen (secondary N) is 1. The Morgan fingerprint density at radius 1 is 1.48 bits per heavy atom. The standard InChI is InChI=1S/C11H20N6O3S/c1-21(19,20)14-9-2-4-16(5-3-9)11(18)8-17-7-10(6-12)13-15-17/h7,9,14H,2-6,8,12H2,1H3. The number of nitrogens with two attached hydrogens (primary N) is 1. The molecule has 1 aromatic rings. The van der Waals surface area contributed by atoms with Crippen molar-refractivity contribution in [3.05, 3.63) is 11.9 Å². The van der Waals surface area contributed by atoms with E-state index in [9.17, 15) is 13.2 Å². The van der Waals surface area contributed by atoms with Crippen molar-refractivity contribution in [2.24, 2.45) is 5.73 Å². The number of hydrogen-bond acceptors (Lipinski definition) is 6. The number of rotatable bonds is 5. The monoisotopic (exact) mass is 316 g/mol. The topological polar surface area (TPSA) is 123 Å². The van der Waals surface area contributed by atoms with Gasteiger partial charge in [0.05, 0.1) is 18.1 Å². The molecular weight excluding hydrogens is 296 g/mol. The zero-order valence-corrected chi connectivity index (χ0v) is 12.7. The van der Waals surface area contributed by atoms with Crippen LogP contribution >= 0.6 is 0 Å². The highest BCUT2D eigenvalue weighted by Gasteiger charge is 2.24. The summed E-state index contributed by atoms with van der Waals surface area (Å²) in [4.78, 5) is 13.8. The summed E-state index contributed by atoms with van der Waals surface area (Å²) in [6.07, 6.45) is 4.02. The van der Waals surface area contributed by atoms with Crippen LogP contribution in [-0.2, 0) is 27.9 Å². The molecule has 0 bridgehead atoms. The molecule has 0 spiro atoms. The summed E-state index contributed by atoms with van der Waals surface area (Å²) >= 11 is 0. The first kappa shape index (κ1) is 15.9. The number of sulfonamides is 1. The highest BCUT2D eigenvalue weighted by Crippen LogP contribution is 2.11. The van der Waals surface area contributed by atoms with E-state index in [1.54, 1.807) is 11.1 Å². The predicted molar refractivity (Wildman–Crippen MR) is 75.5 cm³/mol. The summed E-state index contributed by atoms with van der Waals surface area (Å²) in [6, 6.07) is -0.0979. The van der Waals surface area contributed by atoms with E-state index in [4.69, 9.17) is 5.73 Å². The minimum absolute atomic E-state index is 0.0544. The van der Waals surface area contributed by atoms with Crippen molar-refractivity contribution in [1.29, 1.82) is 0 Å². The molecule has 2 heterocycles. The fraction of sp³-hybridized carbons (Fsp3) is 0.727. The summed E-state index contributed by atoms with van der Waals surface area (Å²) in [5.41, 5.74) is 6.07. The van der Waals surface area contributed by atoms with Gasteiger partial charge in [-0.25, -0.2) is 17.8 Å². The summed E-state index contributed by atoms with van der Waals surface area (Å²) in [5.74, 6) is -0.0544.